The van der Waals surface area contributed by atoms with E-state index in [4.69, 9.17) is 9.84 Å². The Morgan fingerprint density at radius 1 is 1.36 bits per heavy atom. The van der Waals surface area contributed by atoms with Crippen molar-refractivity contribution in [3.8, 4) is 5.75 Å². The standard InChI is InChI=1S/C19H20FNO3S/c20-15-2-1-3-17(11-15)24-16-6-8-21(9-7-16)19(23)5-4-18-10-14(12-22)13-25-18/h1-5,10-11,13,16,22H,6-9,12H2/b5-4+. The average molecular weight is 361 g/mol. The Morgan fingerprint density at radius 3 is 2.84 bits per heavy atom. The van der Waals surface area contributed by atoms with E-state index in [0.29, 0.717) is 18.8 Å². The van der Waals surface area contributed by atoms with Crippen LogP contribution in [0.5, 0.6) is 5.75 Å². The molecule has 0 atom stereocenters. The largest absolute Gasteiger partial charge is 0.490 e. The molecule has 1 aromatic heterocycles. The minimum absolute atomic E-state index is 0.000706. The van der Waals surface area contributed by atoms with Crippen LogP contribution < -0.4 is 4.74 Å². The third kappa shape index (κ3) is 4.90. The van der Waals surface area contributed by atoms with Crippen LogP contribution in [0, 0.1) is 5.82 Å². The maximum atomic E-state index is 13.2. The minimum Gasteiger partial charge on any atom is -0.490 e. The van der Waals surface area contributed by atoms with Crippen molar-refractivity contribution in [2.75, 3.05) is 13.1 Å². The predicted octanol–water partition coefficient (Wildman–Crippen LogP) is 3.46. The summed E-state index contributed by atoms with van der Waals surface area (Å²) < 4.78 is 19.0. The Kier molecular flexibility index (Phi) is 5.83. The van der Waals surface area contributed by atoms with Gasteiger partial charge < -0.3 is 14.7 Å². The van der Waals surface area contributed by atoms with E-state index in [1.54, 1.807) is 29.2 Å². The van der Waals surface area contributed by atoms with Gasteiger partial charge in [0.1, 0.15) is 17.7 Å². The van der Waals surface area contributed by atoms with Gasteiger partial charge in [0.25, 0.3) is 0 Å². The first kappa shape index (κ1) is 17.6. The summed E-state index contributed by atoms with van der Waals surface area (Å²) in [6, 6.07) is 8.00. The van der Waals surface area contributed by atoms with Crippen LogP contribution in [-0.4, -0.2) is 35.1 Å². The quantitative estimate of drug-likeness (QED) is 0.830. The minimum atomic E-state index is -0.312. The molecule has 1 amide bonds. The van der Waals surface area contributed by atoms with E-state index < -0.39 is 0 Å². The average Bonchev–Trinajstić information content (AvgIpc) is 3.08. The van der Waals surface area contributed by atoms with Gasteiger partial charge in [0.15, 0.2) is 0 Å². The molecule has 0 spiro atoms. The lowest BCUT2D eigenvalue weighted by molar-refractivity contribution is -0.127. The summed E-state index contributed by atoms with van der Waals surface area (Å²) in [6.45, 7) is 1.25. The number of nitrogens with zero attached hydrogens (tertiary/aromatic N) is 1. The van der Waals surface area contributed by atoms with Gasteiger partial charge in [-0.15, -0.1) is 11.3 Å². The van der Waals surface area contributed by atoms with Gasteiger partial charge in [-0.2, -0.15) is 0 Å². The monoisotopic (exact) mass is 361 g/mol. The maximum absolute atomic E-state index is 13.2. The number of benzene rings is 1. The molecule has 1 fully saturated rings. The second-order valence-electron chi connectivity index (χ2n) is 5.95. The number of ether oxygens (including phenoxy) is 1. The van der Waals surface area contributed by atoms with E-state index in [0.717, 1.165) is 23.3 Å². The Balaban J connectivity index is 1.48. The van der Waals surface area contributed by atoms with Crippen molar-refractivity contribution in [1.29, 1.82) is 0 Å². The highest BCUT2D eigenvalue weighted by atomic mass is 32.1. The van der Waals surface area contributed by atoms with Crippen LogP contribution in [0.2, 0.25) is 0 Å². The van der Waals surface area contributed by atoms with Crippen molar-refractivity contribution in [2.45, 2.75) is 25.6 Å². The lowest BCUT2D eigenvalue weighted by atomic mass is 10.1. The van der Waals surface area contributed by atoms with Crippen molar-refractivity contribution >= 4 is 23.3 Å². The predicted molar refractivity (Wildman–Crippen MR) is 95.9 cm³/mol. The maximum Gasteiger partial charge on any atom is 0.246 e. The SMILES string of the molecule is O=C(/C=C/c1cc(CO)cs1)N1CCC(Oc2cccc(F)c2)CC1. The zero-order valence-electron chi connectivity index (χ0n) is 13.7. The molecule has 1 aliphatic rings. The highest BCUT2D eigenvalue weighted by Gasteiger charge is 2.22. The van der Waals surface area contributed by atoms with Crippen molar-refractivity contribution in [1.82, 2.24) is 4.90 Å². The number of halogens is 1. The molecule has 0 saturated carbocycles. The molecular formula is C19H20FNO3S. The number of amides is 1. The molecule has 132 valence electrons. The second kappa shape index (κ2) is 8.27. The fourth-order valence-electron chi connectivity index (χ4n) is 2.75. The van der Waals surface area contributed by atoms with Gasteiger partial charge in [-0.3, -0.25) is 4.79 Å². The van der Waals surface area contributed by atoms with Gasteiger partial charge in [-0.1, -0.05) is 6.07 Å². The number of hydrogen-bond acceptors (Lipinski definition) is 4. The number of aliphatic hydroxyl groups excluding tert-OH is 1. The summed E-state index contributed by atoms with van der Waals surface area (Å²) in [4.78, 5) is 15.0. The molecule has 0 unspecified atom stereocenters. The van der Waals surface area contributed by atoms with Gasteiger partial charge in [-0.25, -0.2) is 4.39 Å². The van der Waals surface area contributed by atoms with Crippen LogP contribution >= 0.6 is 11.3 Å². The molecule has 2 heterocycles. The summed E-state index contributed by atoms with van der Waals surface area (Å²) in [5.41, 5.74) is 0.854. The number of hydrogen-bond donors (Lipinski definition) is 1. The second-order valence-corrected chi connectivity index (χ2v) is 6.89. The highest BCUT2D eigenvalue weighted by molar-refractivity contribution is 7.11. The Hall–Kier alpha value is -2.18. The van der Waals surface area contributed by atoms with Crippen LogP contribution in [0.4, 0.5) is 4.39 Å². The molecule has 0 aliphatic carbocycles. The van der Waals surface area contributed by atoms with Crippen molar-refractivity contribution in [3.63, 3.8) is 0 Å². The Labute approximate surface area is 150 Å². The van der Waals surface area contributed by atoms with Gasteiger partial charge >= 0.3 is 0 Å². The van der Waals surface area contributed by atoms with Crippen molar-refractivity contribution in [2.24, 2.45) is 0 Å². The molecule has 0 radical (unpaired) electrons. The van der Waals surface area contributed by atoms with Crippen LogP contribution in [-0.2, 0) is 11.4 Å². The number of carbonyl (C=O) groups is 1. The number of thiophene rings is 1. The number of piperidine rings is 1. The summed E-state index contributed by atoms with van der Waals surface area (Å²) in [5, 5.41) is 10.9. The normalized spacial score (nSPS) is 15.7. The smallest absolute Gasteiger partial charge is 0.246 e. The lowest BCUT2D eigenvalue weighted by Gasteiger charge is -2.31. The van der Waals surface area contributed by atoms with Gasteiger partial charge in [0.05, 0.1) is 6.61 Å². The first-order valence-corrected chi connectivity index (χ1v) is 9.09. The number of likely N-dealkylation sites (tertiary alicyclic amines) is 1. The summed E-state index contributed by atoms with van der Waals surface area (Å²) in [6.07, 6.45) is 4.80. The van der Waals surface area contributed by atoms with Crippen LogP contribution in [0.3, 0.4) is 0 Å². The van der Waals surface area contributed by atoms with Crippen molar-refractivity contribution in [3.05, 3.63) is 58.0 Å². The molecule has 1 aromatic carbocycles. The highest BCUT2D eigenvalue weighted by Crippen LogP contribution is 2.20. The third-order valence-corrected chi connectivity index (χ3v) is 5.05. The van der Waals surface area contributed by atoms with Gasteiger partial charge in [0.2, 0.25) is 5.91 Å². The zero-order valence-corrected chi connectivity index (χ0v) is 14.5. The Morgan fingerprint density at radius 2 is 2.16 bits per heavy atom. The molecule has 3 rings (SSSR count). The van der Waals surface area contributed by atoms with E-state index in [1.165, 1.54) is 23.5 Å². The molecule has 0 bridgehead atoms. The molecule has 4 nitrogen and oxygen atoms in total. The van der Waals surface area contributed by atoms with E-state index in [-0.39, 0.29) is 24.4 Å². The first-order valence-electron chi connectivity index (χ1n) is 8.21. The number of carbonyl (C=O) groups excluding carboxylic acids is 1. The number of aliphatic hydroxyl groups is 1. The molecule has 2 aromatic rings. The van der Waals surface area contributed by atoms with Crippen LogP contribution in [0.1, 0.15) is 23.3 Å². The molecule has 1 saturated heterocycles. The fourth-order valence-corrected chi connectivity index (χ4v) is 3.55. The molecule has 1 N–H and O–H groups in total. The van der Waals surface area contributed by atoms with E-state index in [2.05, 4.69) is 0 Å². The summed E-state index contributed by atoms with van der Waals surface area (Å²) in [5.74, 6) is 0.193. The van der Waals surface area contributed by atoms with Crippen LogP contribution in [0.15, 0.2) is 41.8 Å². The van der Waals surface area contributed by atoms with Crippen molar-refractivity contribution < 1.29 is 19.0 Å². The first-order chi connectivity index (χ1) is 12.1. The summed E-state index contributed by atoms with van der Waals surface area (Å²) in [7, 11) is 0. The van der Waals surface area contributed by atoms with Crippen LogP contribution in [0.25, 0.3) is 6.08 Å². The molecule has 1 aliphatic heterocycles. The topological polar surface area (TPSA) is 49.8 Å². The third-order valence-electron chi connectivity index (χ3n) is 4.10. The molecular weight excluding hydrogens is 341 g/mol. The van der Waals surface area contributed by atoms with E-state index in [1.807, 2.05) is 11.4 Å². The molecule has 6 heteroatoms. The summed E-state index contributed by atoms with van der Waals surface area (Å²) >= 11 is 1.50. The molecule has 25 heavy (non-hydrogen) atoms. The van der Waals surface area contributed by atoms with Gasteiger partial charge in [0, 0.05) is 43.0 Å². The lowest BCUT2D eigenvalue weighted by Crippen LogP contribution is -2.41. The van der Waals surface area contributed by atoms with Gasteiger partial charge in [-0.05, 0) is 35.2 Å². The Bertz CT molecular complexity index is 751. The fraction of sp³-hybridized carbons (Fsp3) is 0.316. The van der Waals surface area contributed by atoms with E-state index in [9.17, 15) is 9.18 Å². The number of rotatable bonds is 5. The van der Waals surface area contributed by atoms with E-state index >= 15 is 0 Å². The zero-order chi connectivity index (χ0) is 17.6.